The maximum Gasteiger partial charge on any atom is 0.414 e. The van der Waals surface area contributed by atoms with E-state index in [0.717, 1.165) is 5.56 Å². The van der Waals surface area contributed by atoms with Crippen molar-refractivity contribution in [2.75, 3.05) is 13.7 Å². The van der Waals surface area contributed by atoms with E-state index in [9.17, 15) is 9.59 Å². The molecule has 2 aromatic rings. The smallest absolute Gasteiger partial charge is 0.414 e. The van der Waals surface area contributed by atoms with Gasteiger partial charge in [-0.05, 0) is 36.5 Å². The van der Waals surface area contributed by atoms with Gasteiger partial charge in [0.05, 0.1) is 19.6 Å². The highest BCUT2D eigenvalue weighted by Gasteiger charge is 2.25. The van der Waals surface area contributed by atoms with Gasteiger partial charge in [-0.2, -0.15) is 0 Å². The number of methoxy groups -OCH3 is 1. The van der Waals surface area contributed by atoms with Crippen molar-refractivity contribution in [2.45, 2.75) is 25.5 Å². The van der Waals surface area contributed by atoms with Gasteiger partial charge in [-0.25, -0.2) is 9.59 Å². The first-order chi connectivity index (χ1) is 14.2. The molecule has 152 valence electrons. The summed E-state index contributed by atoms with van der Waals surface area (Å²) in [6, 6.07) is 12.4. The second-order valence-corrected chi connectivity index (χ2v) is 6.70. The fraction of sp³-hybridized carbons (Fsp3) is 0.318. The van der Waals surface area contributed by atoms with Crippen LogP contribution in [0.15, 0.2) is 70.4 Å². The van der Waals surface area contributed by atoms with Gasteiger partial charge in [0.25, 0.3) is 0 Å². The third-order valence-electron chi connectivity index (χ3n) is 4.62. The lowest BCUT2D eigenvalue weighted by molar-refractivity contribution is -0.142. The van der Waals surface area contributed by atoms with E-state index in [1.165, 1.54) is 13.3 Å². The molecule has 0 bridgehead atoms. The van der Waals surface area contributed by atoms with E-state index in [1.807, 2.05) is 36.4 Å². The molecule has 1 aliphatic heterocycles. The summed E-state index contributed by atoms with van der Waals surface area (Å²) in [6.07, 6.45) is 7.57. The average molecular weight is 396 g/mol. The van der Waals surface area contributed by atoms with E-state index in [0.29, 0.717) is 25.1 Å². The number of esters is 1. The predicted molar refractivity (Wildman–Crippen MR) is 107 cm³/mol. The van der Waals surface area contributed by atoms with Crippen LogP contribution in [0.2, 0.25) is 0 Å². The SMILES string of the molecule is COC(=O)C(CCC1C=CN(C(=O)OCc2ccccc2)C1)N=Cc1ccco1. The number of furan rings is 1. The number of rotatable bonds is 8. The Morgan fingerprint density at radius 1 is 1.28 bits per heavy atom. The number of ether oxygens (including phenoxy) is 2. The molecule has 29 heavy (non-hydrogen) atoms. The first kappa shape index (κ1) is 20.4. The van der Waals surface area contributed by atoms with Crippen molar-refractivity contribution >= 4 is 18.3 Å². The molecule has 0 fully saturated rings. The molecule has 0 saturated carbocycles. The topological polar surface area (TPSA) is 81.3 Å². The van der Waals surface area contributed by atoms with E-state index in [4.69, 9.17) is 13.9 Å². The summed E-state index contributed by atoms with van der Waals surface area (Å²) in [7, 11) is 1.34. The van der Waals surface area contributed by atoms with Crippen molar-refractivity contribution in [2.24, 2.45) is 10.9 Å². The first-order valence-corrected chi connectivity index (χ1v) is 9.46. The van der Waals surface area contributed by atoms with Crippen LogP contribution in [-0.2, 0) is 20.9 Å². The molecule has 1 aliphatic rings. The van der Waals surface area contributed by atoms with Crippen molar-refractivity contribution in [1.29, 1.82) is 0 Å². The Hall–Kier alpha value is -3.35. The molecule has 3 rings (SSSR count). The Morgan fingerprint density at radius 2 is 2.10 bits per heavy atom. The van der Waals surface area contributed by atoms with Crippen LogP contribution in [-0.4, -0.2) is 42.9 Å². The van der Waals surface area contributed by atoms with Crippen molar-refractivity contribution in [3.8, 4) is 0 Å². The lowest BCUT2D eigenvalue weighted by Gasteiger charge is -2.17. The molecule has 0 spiro atoms. The molecule has 0 saturated heterocycles. The standard InChI is InChI=1S/C22H24N2O5/c1-27-21(25)20(23-14-19-8-5-13-28-19)10-9-17-11-12-24(15-17)22(26)29-16-18-6-3-2-4-7-18/h2-8,11-14,17,20H,9-10,15-16H2,1H3. The highest BCUT2D eigenvalue weighted by Crippen LogP contribution is 2.21. The van der Waals surface area contributed by atoms with Crippen molar-refractivity contribution in [1.82, 2.24) is 4.90 Å². The Balaban J connectivity index is 1.46. The largest absolute Gasteiger partial charge is 0.467 e. The van der Waals surface area contributed by atoms with E-state index >= 15 is 0 Å². The fourth-order valence-electron chi connectivity index (χ4n) is 3.01. The van der Waals surface area contributed by atoms with Gasteiger partial charge in [0, 0.05) is 12.7 Å². The van der Waals surface area contributed by atoms with Gasteiger partial charge in [-0.3, -0.25) is 9.89 Å². The number of carbonyl (C=O) groups is 2. The fourth-order valence-corrected chi connectivity index (χ4v) is 3.01. The van der Waals surface area contributed by atoms with Gasteiger partial charge >= 0.3 is 12.1 Å². The predicted octanol–water partition coefficient (Wildman–Crippen LogP) is 3.80. The third kappa shape index (κ3) is 6.07. The maximum absolute atomic E-state index is 12.2. The lowest BCUT2D eigenvalue weighted by atomic mass is 10.0. The maximum atomic E-state index is 12.2. The molecule has 7 nitrogen and oxygen atoms in total. The van der Waals surface area contributed by atoms with Crippen LogP contribution in [0.25, 0.3) is 0 Å². The van der Waals surface area contributed by atoms with Gasteiger partial charge in [0.15, 0.2) is 0 Å². The van der Waals surface area contributed by atoms with Crippen LogP contribution in [0.1, 0.15) is 24.2 Å². The molecule has 1 aromatic carbocycles. The minimum Gasteiger partial charge on any atom is -0.467 e. The first-order valence-electron chi connectivity index (χ1n) is 9.46. The van der Waals surface area contributed by atoms with Crippen molar-refractivity contribution in [3.05, 3.63) is 72.3 Å². The molecule has 0 aliphatic carbocycles. The monoisotopic (exact) mass is 396 g/mol. The Labute approximate surface area is 169 Å². The molecule has 0 radical (unpaired) electrons. The summed E-state index contributed by atoms with van der Waals surface area (Å²) in [5.41, 5.74) is 0.941. The van der Waals surface area contributed by atoms with Gasteiger partial charge < -0.3 is 13.9 Å². The summed E-state index contributed by atoms with van der Waals surface area (Å²) >= 11 is 0. The van der Waals surface area contributed by atoms with Crippen molar-refractivity contribution in [3.63, 3.8) is 0 Å². The van der Waals surface area contributed by atoms with E-state index < -0.39 is 12.0 Å². The molecule has 2 atom stereocenters. The Bertz CT molecular complexity index is 845. The number of amides is 1. The van der Waals surface area contributed by atoms with Crippen LogP contribution in [0.3, 0.4) is 0 Å². The Kier molecular flexibility index (Phi) is 7.22. The number of hydrogen-bond donors (Lipinski definition) is 0. The summed E-state index contributed by atoms with van der Waals surface area (Å²) in [6.45, 7) is 0.754. The van der Waals surface area contributed by atoms with E-state index in [2.05, 4.69) is 4.99 Å². The molecule has 7 heteroatoms. The second-order valence-electron chi connectivity index (χ2n) is 6.70. The van der Waals surface area contributed by atoms with Crippen LogP contribution >= 0.6 is 0 Å². The quantitative estimate of drug-likeness (QED) is 0.501. The van der Waals surface area contributed by atoms with E-state index in [-0.39, 0.29) is 18.6 Å². The van der Waals surface area contributed by atoms with Gasteiger partial charge in [-0.15, -0.1) is 0 Å². The zero-order valence-electron chi connectivity index (χ0n) is 16.3. The van der Waals surface area contributed by atoms with Gasteiger partial charge in [-0.1, -0.05) is 36.4 Å². The number of carbonyl (C=O) groups excluding carboxylic acids is 2. The third-order valence-corrected chi connectivity index (χ3v) is 4.62. The van der Waals surface area contributed by atoms with Crippen LogP contribution in [0.5, 0.6) is 0 Å². The summed E-state index contributed by atoms with van der Waals surface area (Å²) in [5, 5.41) is 0. The second kappa shape index (κ2) is 10.3. The van der Waals surface area contributed by atoms with Crippen LogP contribution in [0, 0.1) is 5.92 Å². The molecule has 2 heterocycles. The highest BCUT2D eigenvalue weighted by molar-refractivity contribution is 5.82. The number of hydrogen-bond acceptors (Lipinski definition) is 6. The van der Waals surface area contributed by atoms with Gasteiger partial charge in [0.1, 0.15) is 18.4 Å². The normalized spacial score (nSPS) is 16.9. The lowest BCUT2D eigenvalue weighted by Crippen LogP contribution is -2.27. The summed E-state index contributed by atoms with van der Waals surface area (Å²) in [5.74, 6) is 0.311. The average Bonchev–Trinajstić information content (AvgIpc) is 3.44. The zero-order chi connectivity index (χ0) is 20.5. The van der Waals surface area contributed by atoms with Crippen LogP contribution < -0.4 is 0 Å². The summed E-state index contributed by atoms with van der Waals surface area (Å²) < 4.78 is 15.4. The van der Waals surface area contributed by atoms with E-state index in [1.54, 1.807) is 29.5 Å². The molecule has 1 aromatic heterocycles. The summed E-state index contributed by atoms with van der Waals surface area (Å²) in [4.78, 5) is 30.1. The Morgan fingerprint density at radius 3 is 2.83 bits per heavy atom. The molecular weight excluding hydrogens is 372 g/mol. The minimum absolute atomic E-state index is 0.130. The van der Waals surface area contributed by atoms with Crippen molar-refractivity contribution < 1.29 is 23.5 Å². The highest BCUT2D eigenvalue weighted by atomic mass is 16.6. The molecule has 1 amide bonds. The molecule has 2 unspecified atom stereocenters. The van der Waals surface area contributed by atoms with Gasteiger partial charge in [0.2, 0.25) is 0 Å². The molecular formula is C22H24N2O5. The minimum atomic E-state index is -0.613. The number of nitrogens with zero attached hydrogens (tertiary/aromatic N) is 2. The van der Waals surface area contributed by atoms with Crippen LogP contribution in [0.4, 0.5) is 4.79 Å². The zero-order valence-corrected chi connectivity index (χ0v) is 16.3. The number of benzene rings is 1. The number of aliphatic imine (C=N–C) groups is 1. The molecule has 0 N–H and O–H groups in total.